The predicted molar refractivity (Wildman–Crippen MR) is 85.3 cm³/mol. The highest BCUT2D eigenvalue weighted by Gasteiger charge is 2.28. The first kappa shape index (κ1) is 17.0. The van der Waals surface area contributed by atoms with Gasteiger partial charge in [-0.1, -0.05) is 41.0 Å². The van der Waals surface area contributed by atoms with Gasteiger partial charge in [0.25, 0.3) is 0 Å². The molecule has 114 valence electrons. The first-order chi connectivity index (χ1) is 8.74. The Bertz CT molecular complexity index is 244. The summed E-state index contributed by atoms with van der Waals surface area (Å²) in [6, 6.07) is 0. The van der Waals surface area contributed by atoms with Crippen LogP contribution in [0.5, 0.6) is 0 Å². The van der Waals surface area contributed by atoms with Crippen molar-refractivity contribution in [2.45, 2.75) is 66.7 Å². The van der Waals surface area contributed by atoms with Crippen molar-refractivity contribution in [3.8, 4) is 0 Å². The number of nitrogens with zero attached hydrogens (tertiary/aromatic N) is 1. The average molecular weight is 268 g/mol. The molecule has 1 aliphatic rings. The van der Waals surface area contributed by atoms with Gasteiger partial charge in [0.1, 0.15) is 0 Å². The van der Waals surface area contributed by atoms with Crippen LogP contribution in [0.1, 0.15) is 66.7 Å². The highest BCUT2D eigenvalue weighted by Crippen LogP contribution is 2.34. The van der Waals surface area contributed by atoms with Crippen LogP contribution < -0.4 is 5.73 Å². The topological polar surface area (TPSA) is 29.3 Å². The summed E-state index contributed by atoms with van der Waals surface area (Å²) in [5, 5.41) is 0. The van der Waals surface area contributed by atoms with E-state index in [0.29, 0.717) is 10.8 Å². The lowest BCUT2D eigenvalue weighted by Gasteiger charge is -2.38. The van der Waals surface area contributed by atoms with Gasteiger partial charge in [-0.05, 0) is 68.6 Å². The lowest BCUT2D eigenvalue weighted by atomic mass is 9.75. The third kappa shape index (κ3) is 6.27. The molecule has 1 rings (SSSR count). The molecule has 0 aromatic rings. The number of nitrogens with two attached hydrogens (primary N) is 1. The average Bonchev–Trinajstić information content (AvgIpc) is 2.34. The van der Waals surface area contributed by atoms with E-state index in [1.165, 1.54) is 51.7 Å². The number of piperidine rings is 1. The van der Waals surface area contributed by atoms with Crippen LogP contribution in [0.25, 0.3) is 0 Å². The van der Waals surface area contributed by atoms with Crippen LogP contribution in [0, 0.1) is 16.7 Å². The number of unbranched alkanes of at least 4 members (excludes halogenated alkanes) is 1. The first-order valence-electron chi connectivity index (χ1n) is 8.17. The van der Waals surface area contributed by atoms with E-state index in [4.69, 9.17) is 5.73 Å². The molecule has 1 heterocycles. The van der Waals surface area contributed by atoms with Gasteiger partial charge in [-0.25, -0.2) is 0 Å². The van der Waals surface area contributed by atoms with Gasteiger partial charge in [0.2, 0.25) is 0 Å². The molecule has 0 saturated carbocycles. The van der Waals surface area contributed by atoms with Gasteiger partial charge in [-0.15, -0.1) is 0 Å². The molecule has 0 aromatic heterocycles. The summed E-state index contributed by atoms with van der Waals surface area (Å²) in [6.07, 6.45) is 6.70. The fourth-order valence-electron chi connectivity index (χ4n) is 3.06. The number of likely N-dealkylation sites (tertiary alicyclic amines) is 1. The Morgan fingerprint density at radius 1 is 1.00 bits per heavy atom. The van der Waals surface area contributed by atoms with Crippen LogP contribution in [0.2, 0.25) is 0 Å². The largest absolute Gasteiger partial charge is 0.330 e. The summed E-state index contributed by atoms with van der Waals surface area (Å²) in [5.74, 6) is 0.917. The van der Waals surface area contributed by atoms with E-state index in [1.54, 1.807) is 0 Å². The van der Waals surface area contributed by atoms with Gasteiger partial charge < -0.3 is 10.6 Å². The third-order valence-corrected chi connectivity index (χ3v) is 4.94. The molecular weight excluding hydrogens is 232 g/mol. The van der Waals surface area contributed by atoms with Gasteiger partial charge in [-0.2, -0.15) is 0 Å². The van der Waals surface area contributed by atoms with E-state index >= 15 is 0 Å². The normalized spacial score (nSPS) is 19.9. The fourth-order valence-corrected chi connectivity index (χ4v) is 3.06. The maximum atomic E-state index is 5.78. The smallest absolute Gasteiger partial charge is 0.00159 e. The number of rotatable bonds is 6. The zero-order valence-corrected chi connectivity index (χ0v) is 14.0. The third-order valence-electron chi connectivity index (χ3n) is 4.94. The summed E-state index contributed by atoms with van der Waals surface area (Å²) in [4.78, 5) is 2.66. The second kappa shape index (κ2) is 7.08. The highest BCUT2D eigenvalue weighted by molar-refractivity contribution is 4.80. The van der Waals surface area contributed by atoms with Gasteiger partial charge in [-0.3, -0.25) is 0 Å². The van der Waals surface area contributed by atoms with Crippen molar-refractivity contribution < 1.29 is 0 Å². The zero-order chi connectivity index (χ0) is 14.5. The molecule has 2 N–H and O–H groups in total. The van der Waals surface area contributed by atoms with E-state index in [0.717, 1.165) is 12.5 Å². The van der Waals surface area contributed by atoms with Crippen molar-refractivity contribution in [2.24, 2.45) is 22.5 Å². The van der Waals surface area contributed by atoms with Gasteiger partial charge in [0, 0.05) is 0 Å². The first-order valence-corrected chi connectivity index (χ1v) is 8.17. The molecule has 0 bridgehead atoms. The monoisotopic (exact) mass is 268 g/mol. The Balaban J connectivity index is 2.14. The molecule has 0 radical (unpaired) electrons. The highest BCUT2D eigenvalue weighted by atomic mass is 15.1. The number of hydrogen-bond donors (Lipinski definition) is 1. The Morgan fingerprint density at radius 3 is 2.05 bits per heavy atom. The van der Waals surface area contributed by atoms with Crippen LogP contribution in [-0.4, -0.2) is 31.1 Å². The molecular formula is C17H36N2. The SMILES string of the molecule is CC(C)(CN)CCCCN1CCC(C(C)(C)C)CC1. The Hall–Kier alpha value is -0.0800. The van der Waals surface area contributed by atoms with Crippen molar-refractivity contribution in [3.05, 3.63) is 0 Å². The minimum Gasteiger partial charge on any atom is -0.330 e. The molecule has 0 amide bonds. The molecule has 0 aromatic carbocycles. The molecule has 0 unspecified atom stereocenters. The maximum Gasteiger partial charge on any atom is -0.00159 e. The zero-order valence-electron chi connectivity index (χ0n) is 14.0. The minimum atomic E-state index is 0.333. The van der Waals surface area contributed by atoms with Gasteiger partial charge in [0.05, 0.1) is 0 Å². The Labute approximate surface area is 121 Å². The molecule has 1 saturated heterocycles. The lowest BCUT2D eigenvalue weighted by molar-refractivity contribution is 0.110. The second-order valence-electron chi connectivity index (χ2n) is 8.31. The second-order valence-corrected chi connectivity index (χ2v) is 8.31. The van der Waals surface area contributed by atoms with E-state index in [9.17, 15) is 0 Å². The van der Waals surface area contributed by atoms with Gasteiger partial charge in [0.15, 0.2) is 0 Å². The summed E-state index contributed by atoms with van der Waals surface area (Å²) >= 11 is 0. The Morgan fingerprint density at radius 2 is 1.58 bits per heavy atom. The molecule has 0 spiro atoms. The van der Waals surface area contributed by atoms with Crippen LogP contribution in [0.4, 0.5) is 0 Å². The van der Waals surface area contributed by atoms with Crippen LogP contribution in [0.15, 0.2) is 0 Å². The molecule has 19 heavy (non-hydrogen) atoms. The van der Waals surface area contributed by atoms with E-state index in [1.807, 2.05) is 0 Å². The fraction of sp³-hybridized carbons (Fsp3) is 1.00. The Kier molecular flexibility index (Phi) is 6.32. The van der Waals surface area contributed by atoms with E-state index in [-0.39, 0.29) is 0 Å². The van der Waals surface area contributed by atoms with E-state index < -0.39 is 0 Å². The summed E-state index contributed by atoms with van der Waals surface area (Å²) < 4.78 is 0. The summed E-state index contributed by atoms with van der Waals surface area (Å²) in [6.45, 7) is 16.4. The van der Waals surface area contributed by atoms with Crippen molar-refractivity contribution >= 4 is 0 Å². The molecule has 1 aliphatic heterocycles. The van der Waals surface area contributed by atoms with Crippen LogP contribution in [0.3, 0.4) is 0 Å². The number of hydrogen-bond acceptors (Lipinski definition) is 2. The standard InChI is InChI=1S/C17H36N2/c1-16(2,3)15-8-12-19(13-9-15)11-7-6-10-17(4,5)14-18/h15H,6-14,18H2,1-5H3. The van der Waals surface area contributed by atoms with Crippen molar-refractivity contribution in [2.75, 3.05) is 26.2 Å². The van der Waals surface area contributed by atoms with E-state index in [2.05, 4.69) is 39.5 Å². The summed E-state index contributed by atoms with van der Waals surface area (Å²) in [5.41, 5.74) is 6.61. The summed E-state index contributed by atoms with van der Waals surface area (Å²) in [7, 11) is 0. The predicted octanol–water partition coefficient (Wildman–Crippen LogP) is 3.90. The molecule has 2 heteroatoms. The maximum absolute atomic E-state index is 5.78. The minimum absolute atomic E-state index is 0.333. The van der Waals surface area contributed by atoms with Crippen molar-refractivity contribution in [1.82, 2.24) is 4.90 Å². The van der Waals surface area contributed by atoms with Crippen LogP contribution in [-0.2, 0) is 0 Å². The lowest BCUT2D eigenvalue weighted by Crippen LogP contribution is -2.38. The molecule has 2 nitrogen and oxygen atoms in total. The molecule has 0 atom stereocenters. The molecule has 0 aliphatic carbocycles. The van der Waals surface area contributed by atoms with Crippen molar-refractivity contribution in [1.29, 1.82) is 0 Å². The van der Waals surface area contributed by atoms with Crippen molar-refractivity contribution in [3.63, 3.8) is 0 Å². The molecule has 1 fully saturated rings. The van der Waals surface area contributed by atoms with Crippen LogP contribution >= 0.6 is 0 Å². The quantitative estimate of drug-likeness (QED) is 0.740. The van der Waals surface area contributed by atoms with Gasteiger partial charge >= 0.3 is 0 Å².